The van der Waals surface area contributed by atoms with Gasteiger partial charge in [-0.2, -0.15) is 13.2 Å². The average molecular weight is 449 g/mol. The minimum absolute atomic E-state index is 0.0252. The Bertz CT molecular complexity index is 1060. The molecule has 0 aliphatic carbocycles. The molecule has 3 rings (SSSR count). The van der Waals surface area contributed by atoms with Gasteiger partial charge in [-0.25, -0.2) is 0 Å². The molecule has 0 saturated heterocycles. The molecule has 8 nitrogen and oxygen atoms in total. The van der Waals surface area contributed by atoms with Gasteiger partial charge in [-0.05, 0) is 42.7 Å². The van der Waals surface area contributed by atoms with Gasteiger partial charge < -0.3 is 21.7 Å². The lowest BCUT2D eigenvalue weighted by Gasteiger charge is -2.28. The summed E-state index contributed by atoms with van der Waals surface area (Å²) in [5.74, 6) is -1.40. The van der Waals surface area contributed by atoms with Gasteiger partial charge in [-0.15, -0.1) is 0 Å². The van der Waals surface area contributed by atoms with Crippen LogP contribution >= 0.6 is 0 Å². The molecule has 3 amide bonds. The van der Waals surface area contributed by atoms with Crippen LogP contribution in [0.3, 0.4) is 0 Å². The van der Waals surface area contributed by atoms with Crippen molar-refractivity contribution in [2.75, 3.05) is 20.1 Å². The Hall–Kier alpha value is -3.76. The molecule has 170 valence electrons. The van der Waals surface area contributed by atoms with Gasteiger partial charge in [0.25, 0.3) is 11.8 Å². The summed E-state index contributed by atoms with van der Waals surface area (Å²) < 4.78 is 38.5. The third-order valence-corrected chi connectivity index (χ3v) is 5.11. The lowest BCUT2D eigenvalue weighted by atomic mass is 10.0. The van der Waals surface area contributed by atoms with Crippen molar-refractivity contribution < 1.29 is 27.6 Å². The van der Waals surface area contributed by atoms with E-state index in [1.54, 1.807) is 0 Å². The third kappa shape index (κ3) is 4.76. The van der Waals surface area contributed by atoms with Gasteiger partial charge in [0.2, 0.25) is 5.91 Å². The summed E-state index contributed by atoms with van der Waals surface area (Å²) in [5.41, 5.74) is 11.6. The number of nitrogens with one attached hydrogen (secondary N) is 1. The van der Waals surface area contributed by atoms with Gasteiger partial charge in [0.05, 0.1) is 12.1 Å². The largest absolute Gasteiger partial charge is 0.416 e. The highest BCUT2D eigenvalue weighted by Gasteiger charge is 2.40. The maximum atomic E-state index is 12.8. The van der Waals surface area contributed by atoms with E-state index in [0.29, 0.717) is 25.0 Å². The summed E-state index contributed by atoms with van der Waals surface area (Å²) in [6.45, 7) is 0.248. The SMILES string of the molecule is CN1C(=O)C2=C(C1=O)N(CC(=O)N/C(N)=C/C=C(\N)c1cccc(C(F)(F)F)c1)CCC2. The van der Waals surface area contributed by atoms with E-state index in [9.17, 15) is 27.6 Å². The first-order chi connectivity index (χ1) is 15.0. The molecule has 0 radical (unpaired) electrons. The second kappa shape index (κ2) is 8.77. The van der Waals surface area contributed by atoms with Crippen molar-refractivity contribution in [2.45, 2.75) is 19.0 Å². The first-order valence-electron chi connectivity index (χ1n) is 9.70. The molecule has 0 unspecified atom stereocenters. The standard InChI is InChI=1S/C21H22F3N5O3/c1-28-19(31)14-6-3-9-29(18(14)20(28)32)11-17(30)27-16(26)8-7-15(25)12-4-2-5-13(10-12)21(22,23)24/h2,4-5,7-8,10H,3,6,9,11,25-26H2,1H3,(H,27,30)/b15-7-,16-8+. The Morgan fingerprint density at radius 3 is 2.59 bits per heavy atom. The molecule has 2 heterocycles. The summed E-state index contributed by atoms with van der Waals surface area (Å²) in [6, 6.07) is 4.50. The first-order valence-corrected chi connectivity index (χ1v) is 9.70. The van der Waals surface area contributed by atoms with Crippen LogP contribution in [0.2, 0.25) is 0 Å². The van der Waals surface area contributed by atoms with Crippen LogP contribution in [0, 0.1) is 0 Å². The number of benzene rings is 1. The number of likely N-dealkylation sites (N-methyl/N-ethyl adjacent to an activating group) is 1. The van der Waals surface area contributed by atoms with Gasteiger partial charge in [-0.3, -0.25) is 19.3 Å². The van der Waals surface area contributed by atoms with Crippen LogP contribution < -0.4 is 16.8 Å². The molecular formula is C21H22F3N5O3. The van der Waals surface area contributed by atoms with Crippen molar-refractivity contribution in [1.29, 1.82) is 0 Å². The topological polar surface area (TPSA) is 122 Å². The summed E-state index contributed by atoms with van der Waals surface area (Å²) in [7, 11) is 1.39. The number of nitrogens with two attached hydrogens (primary N) is 2. The van der Waals surface area contributed by atoms with E-state index in [4.69, 9.17) is 11.5 Å². The summed E-state index contributed by atoms with van der Waals surface area (Å²) in [6.07, 6.45) is -0.860. The molecule has 2 aliphatic heterocycles. The molecule has 32 heavy (non-hydrogen) atoms. The molecule has 1 aromatic rings. The Balaban J connectivity index is 1.66. The van der Waals surface area contributed by atoms with Gasteiger partial charge in [-0.1, -0.05) is 12.1 Å². The lowest BCUT2D eigenvalue weighted by molar-refractivity contribution is -0.138. The Kier molecular flexibility index (Phi) is 6.28. The van der Waals surface area contributed by atoms with Gasteiger partial charge in [0.1, 0.15) is 11.5 Å². The highest BCUT2D eigenvalue weighted by Crippen LogP contribution is 2.31. The van der Waals surface area contributed by atoms with Crippen LogP contribution in [-0.2, 0) is 20.6 Å². The Labute approximate surface area is 182 Å². The minimum atomic E-state index is -4.50. The molecule has 5 N–H and O–H groups in total. The number of carbonyl (C=O) groups is 3. The number of nitrogens with zero attached hydrogens (tertiary/aromatic N) is 2. The molecule has 0 fully saturated rings. The van der Waals surface area contributed by atoms with Gasteiger partial charge in [0, 0.05) is 24.9 Å². The maximum Gasteiger partial charge on any atom is 0.416 e. The zero-order valence-electron chi connectivity index (χ0n) is 17.2. The maximum absolute atomic E-state index is 12.8. The average Bonchev–Trinajstić information content (AvgIpc) is 2.96. The van der Waals surface area contributed by atoms with Crippen LogP contribution in [0.5, 0.6) is 0 Å². The smallest absolute Gasteiger partial charge is 0.398 e. The zero-order chi connectivity index (χ0) is 23.6. The fourth-order valence-electron chi connectivity index (χ4n) is 3.52. The van der Waals surface area contributed by atoms with E-state index in [1.807, 2.05) is 0 Å². The third-order valence-electron chi connectivity index (χ3n) is 5.11. The molecule has 0 bridgehead atoms. The van der Waals surface area contributed by atoms with Crippen molar-refractivity contribution in [3.8, 4) is 0 Å². The van der Waals surface area contributed by atoms with E-state index in [0.717, 1.165) is 17.0 Å². The number of alkyl halides is 3. The summed E-state index contributed by atoms with van der Waals surface area (Å²) >= 11 is 0. The number of hydrogen-bond donors (Lipinski definition) is 3. The van der Waals surface area contributed by atoms with E-state index >= 15 is 0 Å². The predicted octanol–water partition coefficient (Wildman–Crippen LogP) is 1.27. The zero-order valence-corrected chi connectivity index (χ0v) is 17.2. The lowest BCUT2D eigenvalue weighted by Crippen LogP contribution is -2.41. The number of imide groups is 1. The molecular weight excluding hydrogens is 427 g/mol. The molecule has 0 aromatic heterocycles. The van der Waals surface area contributed by atoms with Crippen molar-refractivity contribution in [1.82, 2.24) is 15.1 Å². The number of rotatable bonds is 5. The molecule has 0 atom stereocenters. The highest BCUT2D eigenvalue weighted by molar-refractivity contribution is 6.19. The molecule has 2 aliphatic rings. The fraction of sp³-hybridized carbons (Fsp3) is 0.286. The van der Waals surface area contributed by atoms with Crippen LogP contribution in [0.1, 0.15) is 24.0 Å². The highest BCUT2D eigenvalue weighted by atomic mass is 19.4. The van der Waals surface area contributed by atoms with Crippen molar-refractivity contribution >= 4 is 23.4 Å². The van der Waals surface area contributed by atoms with E-state index < -0.39 is 23.6 Å². The molecule has 0 saturated carbocycles. The van der Waals surface area contributed by atoms with E-state index in [1.165, 1.54) is 36.2 Å². The second-order valence-electron chi connectivity index (χ2n) is 7.39. The quantitative estimate of drug-likeness (QED) is 0.460. The van der Waals surface area contributed by atoms with E-state index in [2.05, 4.69) is 5.32 Å². The Morgan fingerprint density at radius 2 is 1.91 bits per heavy atom. The van der Waals surface area contributed by atoms with Crippen LogP contribution in [0.15, 0.2) is 53.5 Å². The van der Waals surface area contributed by atoms with Crippen LogP contribution in [0.25, 0.3) is 5.70 Å². The van der Waals surface area contributed by atoms with E-state index in [-0.39, 0.29) is 35.2 Å². The summed E-state index contributed by atoms with van der Waals surface area (Å²) in [4.78, 5) is 39.3. The number of amides is 3. The number of halogens is 3. The molecule has 11 heteroatoms. The second-order valence-corrected chi connectivity index (χ2v) is 7.39. The fourth-order valence-corrected chi connectivity index (χ4v) is 3.52. The van der Waals surface area contributed by atoms with Gasteiger partial charge >= 0.3 is 6.18 Å². The number of allylic oxidation sites excluding steroid dienone is 2. The number of hydrogen-bond acceptors (Lipinski definition) is 6. The van der Waals surface area contributed by atoms with Crippen molar-refractivity contribution in [2.24, 2.45) is 11.5 Å². The molecule has 1 aromatic carbocycles. The Morgan fingerprint density at radius 1 is 1.19 bits per heavy atom. The monoisotopic (exact) mass is 449 g/mol. The van der Waals surface area contributed by atoms with Gasteiger partial charge in [0.15, 0.2) is 0 Å². The van der Waals surface area contributed by atoms with Crippen molar-refractivity contribution in [3.05, 3.63) is 64.6 Å². The van der Waals surface area contributed by atoms with Crippen LogP contribution in [0.4, 0.5) is 13.2 Å². The normalized spacial score (nSPS) is 17.8. The summed E-state index contributed by atoms with van der Waals surface area (Å²) in [5, 5.41) is 2.43. The predicted molar refractivity (Wildman–Crippen MR) is 110 cm³/mol. The van der Waals surface area contributed by atoms with Crippen LogP contribution in [-0.4, -0.2) is 47.7 Å². The van der Waals surface area contributed by atoms with Crippen molar-refractivity contribution in [3.63, 3.8) is 0 Å². The number of carbonyl (C=O) groups excluding carboxylic acids is 3. The minimum Gasteiger partial charge on any atom is -0.398 e. The molecule has 0 spiro atoms. The first kappa shape index (κ1) is 22.9.